The van der Waals surface area contributed by atoms with Gasteiger partial charge in [0.1, 0.15) is 0 Å². The van der Waals surface area contributed by atoms with Crippen molar-refractivity contribution in [2.45, 2.75) is 19.8 Å². The van der Waals surface area contributed by atoms with E-state index in [0.29, 0.717) is 24.3 Å². The lowest BCUT2D eigenvalue weighted by atomic mass is 10.1. The maximum atomic E-state index is 12.7. The number of benzene rings is 1. The molecule has 0 spiro atoms. The SMILES string of the molecule is CCOC(=O)CCC(=O)NC(=S)Nc1cccc(C(=O)N2CCN(C)CC2)c1. The van der Waals surface area contributed by atoms with Gasteiger partial charge >= 0.3 is 5.97 Å². The predicted octanol–water partition coefficient (Wildman–Crippen LogP) is 1.23. The number of carbonyl (C=O) groups excluding carboxylic acids is 3. The Labute approximate surface area is 170 Å². The highest BCUT2D eigenvalue weighted by Crippen LogP contribution is 2.14. The molecule has 0 aromatic heterocycles. The molecular formula is C19H26N4O4S. The molecule has 1 aromatic rings. The summed E-state index contributed by atoms with van der Waals surface area (Å²) in [6.07, 6.45) is -0.0140. The zero-order valence-corrected chi connectivity index (χ0v) is 17.0. The number of amides is 2. The van der Waals surface area contributed by atoms with E-state index in [1.54, 1.807) is 31.2 Å². The quantitative estimate of drug-likeness (QED) is 0.542. The maximum absolute atomic E-state index is 12.7. The number of rotatable bonds is 6. The standard InChI is InChI=1S/C19H26N4O4S/c1-3-27-17(25)8-7-16(24)21-19(28)20-15-6-4-5-14(13-15)18(26)23-11-9-22(2)10-12-23/h4-6,13H,3,7-12H2,1-2H3,(H2,20,21,24,28). The van der Waals surface area contributed by atoms with Crippen molar-refractivity contribution in [3.63, 3.8) is 0 Å². The van der Waals surface area contributed by atoms with Crippen molar-refractivity contribution in [2.75, 3.05) is 45.2 Å². The third kappa shape index (κ3) is 6.90. The Morgan fingerprint density at radius 3 is 2.54 bits per heavy atom. The average molecular weight is 407 g/mol. The first-order valence-corrected chi connectivity index (χ1v) is 9.64. The Morgan fingerprint density at radius 2 is 1.86 bits per heavy atom. The normalized spacial score (nSPS) is 14.3. The topological polar surface area (TPSA) is 91.0 Å². The van der Waals surface area contributed by atoms with Crippen LogP contribution in [0.3, 0.4) is 0 Å². The number of ether oxygens (including phenoxy) is 1. The molecule has 1 aliphatic heterocycles. The van der Waals surface area contributed by atoms with Crippen LogP contribution in [0, 0.1) is 0 Å². The first-order chi connectivity index (χ1) is 13.4. The number of piperazine rings is 1. The summed E-state index contributed by atoms with van der Waals surface area (Å²) in [6.45, 7) is 5.09. The molecule has 0 radical (unpaired) electrons. The molecule has 1 fully saturated rings. The van der Waals surface area contributed by atoms with E-state index in [-0.39, 0.29) is 36.4 Å². The van der Waals surface area contributed by atoms with Crippen molar-refractivity contribution in [1.82, 2.24) is 15.1 Å². The summed E-state index contributed by atoms with van der Waals surface area (Å²) in [7, 11) is 2.04. The molecule has 8 nitrogen and oxygen atoms in total. The highest BCUT2D eigenvalue weighted by atomic mass is 32.1. The highest BCUT2D eigenvalue weighted by Gasteiger charge is 2.20. The van der Waals surface area contributed by atoms with Gasteiger partial charge in [-0.25, -0.2) is 0 Å². The number of nitrogens with zero attached hydrogens (tertiary/aromatic N) is 2. The van der Waals surface area contributed by atoms with E-state index in [9.17, 15) is 14.4 Å². The second-order valence-electron chi connectivity index (χ2n) is 6.48. The molecule has 2 N–H and O–H groups in total. The van der Waals surface area contributed by atoms with Gasteiger partial charge in [-0.1, -0.05) is 6.07 Å². The molecule has 1 aromatic carbocycles. The second kappa shape index (κ2) is 10.7. The number of anilines is 1. The Balaban J connectivity index is 1.86. The van der Waals surface area contributed by atoms with E-state index in [4.69, 9.17) is 17.0 Å². The molecule has 1 aliphatic rings. The van der Waals surface area contributed by atoms with Crippen LogP contribution in [-0.2, 0) is 14.3 Å². The number of nitrogens with one attached hydrogen (secondary N) is 2. The number of hydrogen-bond acceptors (Lipinski definition) is 6. The lowest BCUT2D eigenvalue weighted by molar-refractivity contribution is -0.144. The smallest absolute Gasteiger partial charge is 0.306 e. The van der Waals surface area contributed by atoms with E-state index in [2.05, 4.69) is 15.5 Å². The van der Waals surface area contributed by atoms with Gasteiger partial charge in [-0.15, -0.1) is 0 Å². The highest BCUT2D eigenvalue weighted by molar-refractivity contribution is 7.80. The van der Waals surface area contributed by atoms with E-state index in [1.807, 2.05) is 11.9 Å². The van der Waals surface area contributed by atoms with Gasteiger partial charge in [0.2, 0.25) is 5.91 Å². The van der Waals surface area contributed by atoms with Gasteiger partial charge < -0.3 is 25.2 Å². The Hall–Kier alpha value is -2.52. The van der Waals surface area contributed by atoms with Gasteiger partial charge in [0.15, 0.2) is 5.11 Å². The van der Waals surface area contributed by atoms with Crippen molar-refractivity contribution < 1.29 is 19.1 Å². The van der Waals surface area contributed by atoms with E-state index in [0.717, 1.165) is 13.1 Å². The van der Waals surface area contributed by atoms with Crippen LogP contribution in [0.2, 0.25) is 0 Å². The third-order valence-electron chi connectivity index (χ3n) is 4.27. The first kappa shape index (κ1) is 21.8. The van der Waals surface area contributed by atoms with Gasteiger partial charge in [-0.2, -0.15) is 0 Å². The summed E-state index contributed by atoms with van der Waals surface area (Å²) in [4.78, 5) is 39.8. The maximum Gasteiger partial charge on any atom is 0.306 e. The molecule has 2 amide bonds. The number of likely N-dealkylation sites (N-methyl/N-ethyl adjacent to an activating group) is 1. The molecule has 0 bridgehead atoms. The summed E-state index contributed by atoms with van der Waals surface area (Å²) >= 11 is 5.13. The first-order valence-electron chi connectivity index (χ1n) is 9.23. The summed E-state index contributed by atoms with van der Waals surface area (Å²) < 4.78 is 4.78. The summed E-state index contributed by atoms with van der Waals surface area (Å²) in [5, 5.41) is 5.52. The zero-order valence-electron chi connectivity index (χ0n) is 16.2. The molecule has 1 heterocycles. The van der Waals surface area contributed by atoms with Crippen LogP contribution >= 0.6 is 12.2 Å². The number of thiocarbonyl (C=S) groups is 1. The van der Waals surface area contributed by atoms with Crippen LogP contribution in [0.4, 0.5) is 5.69 Å². The summed E-state index contributed by atoms with van der Waals surface area (Å²) in [6, 6.07) is 6.99. The average Bonchev–Trinajstić information content (AvgIpc) is 2.67. The van der Waals surface area contributed by atoms with Gasteiger partial charge in [-0.3, -0.25) is 14.4 Å². The van der Waals surface area contributed by atoms with Crippen molar-refractivity contribution in [3.8, 4) is 0 Å². The molecular weight excluding hydrogens is 380 g/mol. The largest absolute Gasteiger partial charge is 0.466 e. The summed E-state index contributed by atoms with van der Waals surface area (Å²) in [5.74, 6) is -0.831. The molecule has 0 unspecified atom stereocenters. The minimum absolute atomic E-state index is 0.00268. The van der Waals surface area contributed by atoms with E-state index < -0.39 is 5.97 Å². The van der Waals surface area contributed by atoms with Crippen molar-refractivity contribution in [3.05, 3.63) is 29.8 Å². The van der Waals surface area contributed by atoms with Crippen LogP contribution in [0.25, 0.3) is 0 Å². The minimum Gasteiger partial charge on any atom is -0.466 e. The fraction of sp³-hybridized carbons (Fsp3) is 0.474. The van der Waals surface area contributed by atoms with Gasteiger partial charge in [-0.05, 0) is 44.4 Å². The fourth-order valence-corrected chi connectivity index (χ4v) is 2.95. The Morgan fingerprint density at radius 1 is 1.14 bits per heavy atom. The third-order valence-corrected chi connectivity index (χ3v) is 4.48. The molecule has 2 rings (SSSR count). The monoisotopic (exact) mass is 406 g/mol. The van der Waals surface area contributed by atoms with Crippen LogP contribution in [0.15, 0.2) is 24.3 Å². The minimum atomic E-state index is -0.424. The molecule has 9 heteroatoms. The van der Waals surface area contributed by atoms with E-state index >= 15 is 0 Å². The van der Waals surface area contributed by atoms with Crippen LogP contribution < -0.4 is 10.6 Å². The van der Waals surface area contributed by atoms with Crippen molar-refractivity contribution >= 4 is 40.8 Å². The zero-order chi connectivity index (χ0) is 20.5. The lowest BCUT2D eigenvalue weighted by Gasteiger charge is -2.32. The Kier molecular flexibility index (Phi) is 8.34. The predicted molar refractivity (Wildman–Crippen MR) is 110 cm³/mol. The summed E-state index contributed by atoms with van der Waals surface area (Å²) in [5.41, 5.74) is 1.17. The fourth-order valence-electron chi connectivity index (χ4n) is 2.72. The lowest BCUT2D eigenvalue weighted by Crippen LogP contribution is -2.47. The van der Waals surface area contributed by atoms with Gasteiger partial charge in [0, 0.05) is 43.9 Å². The molecule has 0 saturated carbocycles. The van der Waals surface area contributed by atoms with Crippen LogP contribution in [0.5, 0.6) is 0 Å². The molecule has 152 valence electrons. The molecule has 0 aliphatic carbocycles. The van der Waals surface area contributed by atoms with E-state index in [1.165, 1.54) is 0 Å². The van der Waals surface area contributed by atoms with Crippen molar-refractivity contribution in [2.24, 2.45) is 0 Å². The van der Waals surface area contributed by atoms with Gasteiger partial charge in [0.25, 0.3) is 5.91 Å². The molecule has 28 heavy (non-hydrogen) atoms. The number of hydrogen-bond donors (Lipinski definition) is 2. The van der Waals surface area contributed by atoms with Crippen LogP contribution in [-0.4, -0.2) is 72.5 Å². The molecule has 1 saturated heterocycles. The van der Waals surface area contributed by atoms with Gasteiger partial charge in [0.05, 0.1) is 13.0 Å². The second-order valence-corrected chi connectivity index (χ2v) is 6.89. The van der Waals surface area contributed by atoms with Crippen LogP contribution in [0.1, 0.15) is 30.1 Å². The number of carbonyl (C=O) groups is 3. The Bertz CT molecular complexity index is 732. The molecule has 0 atom stereocenters. The number of esters is 1. The van der Waals surface area contributed by atoms with Crippen molar-refractivity contribution in [1.29, 1.82) is 0 Å².